The average Bonchev–Trinajstić information content (AvgIpc) is 3.50. The number of alkyl halides is 6. The molecule has 268 valence electrons. The van der Waals surface area contributed by atoms with Gasteiger partial charge in [0.05, 0.1) is 35.3 Å². The van der Waals surface area contributed by atoms with Crippen LogP contribution in [-0.2, 0) is 29.6 Å². The zero-order valence-electron chi connectivity index (χ0n) is 27.5. The summed E-state index contributed by atoms with van der Waals surface area (Å²) in [4.78, 5) is 21.3. The summed E-state index contributed by atoms with van der Waals surface area (Å²) in [5, 5.41) is 0. The van der Waals surface area contributed by atoms with Gasteiger partial charge in [0.15, 0.2) is 0 Å². The van der Waals surface area contributed by atoms with Crippen molar-refractivity contribution in [3.8, 4) is 11.1 Å². The third-order valence-electron chi connectivity index (χ3n) is 9.32. The maximum Gasteiger partial charge on any atom is 0.522 e. The molecule has 0 aliphatic heterocycles. The molecule has 2 fully saturated rings. The molecule has 15 heteroatoms. The van der Waals surface area contributed by atoms with E-state index in [0.29, 0.717) is 11.5 Å². The van der Waals surface area contributed by atoms with Gasteiger partial charge in [0.2, 0.25) is 0 Å². The van der Waals surface area contributed by atoms with Crippen LogP contribution in [0.3, 0.4) is 0 Å². The van der Waals surface area contributed by atoms with Gasteiger partial charge in [-0.05, 0) is 80.1 Å². The standard InChI is InChI=1S/C21H22F3N3O2.C14H14BrF3N2O/c1-13-10-16(12-26(2)20(13)28)15-6-7-17-18(11-15)27(8-9-29-21(22,23)24)19(25-17)14-4-3-5-14;15-10-4-5-11-12(8-10)20(6-7-21-14(16,17)18)13(19-11)9-2-1-3-9/h6-7,10-12,14H,3-5,8-9H2,1-2H3;4-5,8-9H,1-3,6-7H2. The molecule has 2 aliphatic carbocycles. The minimum atomic E-state index is -4.65. The largest absolute Gasteiger partial charge is 0.522 e. The number of hydrogen-bond donors (Lipinski definition) is 0. The van der Waals surface area contributed by atoms with E-state index in [4.69, 9.17) is 4.98 Å². The Kier molecular flexibility index (Phi) is 10.5. The van der Waals surface area contributed by atoms with Crippen LogP contribution in [0.15, 0.2) is 57.9 Å². The smallest absolute Gasteiger partial charge is 0.325 e. The van der Waals surface area contributed by atoms with Crippen LogP contribution in [0.25, 0.3) is 33.2 Å². The molecule has 0 spiro atoms. The predicted molar refractivity (Wildman–Crippen MR) is 180 cm³/mol. The van der Waals surface area contributed by atoms with Crippen molar-refractivity contribution in [2.45, 2.75) is 83.1 Å². The Morgan fingerprint density at radius 2 is 1.26 bits per heavy atom. The molecule has 0 radical (unpaired) electrons. The number of hydrogen-bond acceptors (Lipinski definition) is 5. The fourth-order valence-electron chi connectivity index (χ4n) is 6.40. The molecule has 7 rings (SSSR count). The van der Waals surface area contributed by atoms with Gasteiger partial charge >= 0.3 is 12.7 Å². The summed E-state index contributed by atoms with van der Waals surface area (Å²) in [5.74, 6) is 2.32. The number of fused-ring (bicyclic) bond motifs is 2. The molecule has 3 aromatic heterocycles. The molecule has 0 amide bonds. The molecule has 3 heterocycles. The van der Waals surface area contributed by atoms with Crippen molar-refractivity contribution in [2.75, 3.05) is 13.2 Å². The van der Waals surface area contributed by atoms with Crippen molar-refractivity contribution >= 4 is 38.0 Å². The number of imidazole rings is 2. The van der Waals surface area contributed by atoms with E-state index in [0.717, 1.165) is 87.8 Å². The number of ether oxygens (including phenoxy) is 2. The number of benzene rings is 2. The van der Waals surface area contributed by atoms with Crippen LogP contribution in [0.4, 0.5) is 26.3 Å². The van der Waals surface area contributed by atoms with Crippen molar-refractivity contribution in [3.05, 3.63) is 80.7 Å². The normalized spacial score (nSPS) is 15.6. The Morgan fingerprint density at radius 3 is 1.72 bits per heavy atom. The molecule has 50 heavy (non-hydrogen) atoms. The van der Waals surface area contributed by atoms with E-state index >= 15 is 0 Å². The highest BCUT2D eigenvalue weighted by Crippen LogP contribution is 2.39. The lowest BCUT2D eigenvalue weighted by Crippen LogP contribution is -2.20. The predicted octanol–water partition coefficient (Wildman–Crippen LogP) is 9.12. The fraction of sp³-hybridized carbons (Fsp3) is 0.457. The van der Waals surface area contributed by atoms with Gasteiger partial charge in [-0.2, -0.15) is 0 Å². The molecule has 0 unspecified atom stereocenters. The minimum absolute atomic E-state index is 0.0589. The highest BCUT2D eigenvalue weighted by molar-refractivity contribution is 9.10. The number of aryl methyl sites for hydroxylation is 2. The topological polar surface area (TPSA) is 76.1 Å². The second-order valence-corrected chi connectivity index (χ2v) is 13.7. The van der Waals surface area contributed by atoms with Gasteiger partial charge in [0.25, 0.3) is 5.56 Å². The van der Waals surface area contributed by atoms with E-state index in [1.807, 2.05) is 51.6 Å². The van der Waals surface area contributed by atoms with Crippen molar-refractivity contribution < 1.29 is 35.8 Å². The highest BCUT2D eigenvalue weighted by atomic mass is 79.9. The third-order valence-corrected chi connectivity index (χ3v) is 9.81. The summed E-state index contributed by atoms with van der Waals surface area (Å²) >= 11 is 3.39. The number of nitrogens with zero attached hydrogens (tertiary/aromatic N) is 5. The maximum absolute atomic E-state index is 12.5. The molecule has 5 aromatic rings. The molecule has 2 aliphatic rings. The van der Waals surface area contributed by atoms with Crippen molar-refractivity contribution in [1.29, 1.82) is 0 Å². The summed E-state index contributed by atoms with van der Waals surface area (Å²) in [7, 11) is 1.70. The van der Waals surface area contributed by atoms with Crippen LogP contribution < -0.4 is 5.56 Å². The Bertz CT molecular complexity index is 2020. The zero-order valence-corrected chi connectivity index (χ0v) is 29.0. The Labute approximate surface area is 292 Å². The minimum Gasteiger partial charge on any atom is -0.325 e. The van der Waals surface area contributed by atoms with Crippen LogP contribution in [0, 0.1) is 6.92 Å². The fourth-order valence-corrected chi connectivity index (χ4v) is 6.75. The lowest BCUT2D eigenvalue weighted by atomic mass is 9.85. The average molecular weight is 769 g/mol. The number of pyridine rings is 1. The summed E-state index contributed by atoms with van der Waals surface area (Å²) < 4.78 is 87.8. The van der Waals surface area contributed by atoms with Crippen LogP contribution >= 0.6 is 15.9 Å². The first-order valence-electron chi connectivity index (χ1n) is 16.4. The molecule has 0 N–H and O–H groups in total. The molecular formula is C35H36BrF6N5O3. The van der Waals surface area contributed by atoms with Gasteiger partial charge in [-0.1, -0.05) is 34.8 Å². The lowest BCUT2D eigenvalue weighted by Gasteiger charge is -2.25. The molecule has 2 aromatic carbocycles. The van der Waals surface area contributed by atoms with Gasteiger partial charge in [-0.25, -0.2) is 9.97 Å². The number of rotatable bonds is 9. The Balaban J connectivity index is 0.000000182. The first kappa shape index (κ1) is 36.1. The summed E-state index contributed by atoms with van der Waals surface area (Å²) in [6.07, 6.45) is -1.14. The van der Waals surface area contributed by atoms with E-state index < -0.39 is 25.9 Å². The highest BCUT2D eigenvalue weighted by Gasteiger charge is 2.31. The SMILES string of the molecule is Cc1cc(-c2ccc3nc(C4CCC4)n(CCOC(F)(F)F)c3c2)cn(C)c1=O.FC(F)(F)OCCn1c(C2CCC2)nc2ccc(Br)cc21. The van der Waals surface area contributed by atoms with E-state index in [-0.39, 0.29) is 24.6 Å². The van der Waals surface area contributed by atoms with Gasteiger partial charge < -0.3 is 13.7 Å². The van der Waals surface area contributed by atoms with Crippen LogP contribution in [0.5, 0.6) is 0 Å². The number of aromatic nitrogens is 5. The molecule has 2 saturated carbocycles. The van der Waals surface area contributed by atoms with Gasteiger partial charge in [0, 0.05) is 48.2 Å². The van der Waals surface area contributed by atoms with Crippen LogP contribution in [0.2, 0.25) is 0 Å². The number of halogens is 7. The monoisotopic (exact) mass is 767 g/mol. The van der Waals surface area contributed by atoms with Gasteiger partial charge in [-0.15, -0.1) is 26.3 Å². The summed E-state index contributed by atoms with van der Waals surface area (Å²) in [5.41, 5.74) is 5.52. The first-order valence-corrected chi connectivity index (χ1v) is 17.2. The van der Waals surface area contributed by atoms with Crippen LogP contribution in [-0.4, -0.2) is 49.6 Å². The van der Waals surface area contributed by atoms with Crippen molar-refractivity contribution in [2.24, 2.45) is 7.05 Å². The summed E-state index contributed by atoms with van der Waals surface area (Å²) in [6, 6.07) is 13.2. The molecule has 0 bridgehead atoms. The lowest BCUT2D eigenvalue weighted by molar-refractivity contribution is -0.326. The second kappa shape index (κ2) is 14.5. The molecule has 0 saturated heterocycles. The van der Waals surface area contributed by atoms with Crippen molar-refractivity contribution in [3.63, 3.8) is 0 Å². The molecule has 0 atom stereocenters. The Hall–Kier alpha value is -3.69. The maximum atomic E-state index is 12.5. The van der Waals surface area contributed by atoms with E-state index in [2.05, 4.69) is 30.4 Å². The second-order valence-electron chi connectivity index (χ2n) is 12.8. The van der Waals surface area contributed by atoms with E-state index in [1.54, 1.807) is 20.2 Å². The van der Waals surface area contributed by atoms with Crippen molar-refractivity contribution in [1.82, 2.24) is 23.7 Å². The van der Waals surface area contributed by atoms with Gasteiger partial charge in [-0.3, -0.25) is 14.3 Å². The zero-order chi connectivity index (χ0) is 35.8. The molecular weight excluding hydrogens is 732 g/mol. The quantitative estimate of drug-likeness (QED) is 0.140. The van der Waals surface area contributed by atoms with Crippen LogP contribution in [0.1, 0.15) is 67.6 Å². The molecule has 8 nitrogen and oxygen atoms in total. The Morgan fingerprint density at radius 1 is 0.760 bits per heavy atom. The van der Waals surface area contributed by atoms with E-state index in [1.165, 1.54) is 4.57 Å². The van der Waals surface area contributed by atoms with E-state index in [9.17, 15) is 31.1 Å². The van der Waals surface area contributed by atoms with Gasteiger partial charge in [0.1, 0.15) is 11.6 Å². The first-order chi connectivity index (χ1) is 23.7. The summed E-state index contributed by atoms with van der Waals surface area (Å²) in [6.45, 7) is 1.13. The third kappa shape index (κ3) is 8.26.